The molecule has 0 unspecified atom stereocenters. The van der Waals surface area contributed by atoms with E-state index in [0.717, 1.165) is 11.4 Å². The summed E-state index contributed by atoms with van der Waals surface area (Å²) < 4.78 is 0. The van der Waals surface area contributed by atoms with E-state index in [1.165, 1.54) is 9.75 Å². The minimum absolute atomic E-state index is 0.677. The summed E-state index contributed by atoms with van der Waals surface area (Å²) >= 11 is 1.75. The molecule has 0 aliphatic heterocycles. The monoisotopic (exact) mass is 219 g/mol. The van der Waals surface area contributed by atoms with Crippen molar-refractivity contribution >= 4 is 17.3 Å². The molecule has 0 saturated carbocycles. The minimum atomic E-state index is 0.677. The highest BCUT2D eigenvalue weighted by atomic mass is 32.1. The molecule has 4 heteroatoms. The van der Waals surface area contributed by atoms with Gasteiger partial charge in [0.05, 0.1) is 10.6 Å². The lowest BCUT2D eigenvalue weighted by atomic mass is 10.3. The number of anilines is 1. The summed E-state index contributed by atoms with van der Waals surface area (Å²) in [5, 5.41) is 2.97. The van der Waals surface area contributed by atoms with Crippen molar-refractivity contribution in [1.29, 1.82) is 0 Å². The first-order valence-corrected chi connectivity index (χ1v) is 5.61. The van der Waals surface area contributed by atoms with Crippen LogP contribution in [0.15, 0.2) is 18.2 Å². The number of hydrogen-bond donors (Lipinski definition) is 1. The molecule has 2 heterocycles. The highest BCUT2D eigenvalue weighted by molar-refractivity contribution is 7.15. The third-order valence-corrected chi connectivity index (χ3v) is 3.09. The average molecular weight is 219 g/mol. The molecular weight excluding hydrogens is 206 g/mol. The Morgan fingerprint density at radius 2 is 2.00 bits per heavy atom. The van der Waals surface area contributed by atoms with Crippen LogP contribution in [0.5, 0.6) is 0 Å². The molecule has 0 amide bonds. The molecule has 3 nitrogen and oxygen atoms in total. The summed E-state index contributed by atoms with van der Waals surface area (Å²) in [6.07, 6.45) is 0. The summed E-state index contributed by atoms with van der Waals surface area (Å²) in [4.78, 5) is 11.2. The van der Waals surface area contributed by atoms with E-state index in [4.69, 9.17) is 0 Å². The van der Waals surface area contributed by atoms with Crippen molar-refractivity contribution in [3.8, 4) is 10.6 Å². The van der Waals surface area contributed by atoms with Gasteiger partial charge in [-0.05, 0) is 32.0 Å². The standard InChI is InChI=1S/C11H13N3S/c1-7-6-9(14-11(12-3)13-7)10-5-4-8(2)15-10/h4-6H,1-3H3,(H,12,13,14). The second kappa shape index (κ2) is 3.98. The molecule has 0 aliphatic carbocycles. The number of aromatic nitrogens is 2. The van der Waals surface area contributed by atoms with Gasteiger partial charge in [0.25, 0.3) is 0 Å². The third-order valence-electron chi connectivity index (χ3n) is 2.07. The van der Waals surface area contributed by atoms with E-state index < -0.39 is 0 Å². The number of thiophene rings is 1. The fraction of sp³-hybridized carbons (Fsp3) is 0.273. The van der Waals surface area contributed by atoms with Crippen LogP contribution in [0.4, 0.5) is 5.95 Å². The van der Waals surface area contributed by atoms with Gasteiger partial charge in [0.2, 0.25) is 5.95 Å². The molecule has 15 heavy (non-hydrogen) atoms. The van der Waals surface area contributed by atoms with Crippen molar-refractivity contribution in [3.05, 3.63) is 28.8 Å². The highest BCUT2D eigenvalue weighted by Gasteiger charge is 2.05. The van der Waals surface area contributed by atoms with Gasteiger partial charge in [-0.15, -0.1) is 11.3 Å². The van der Waals surface area contributed by atoms with Gasteiger partial charge in [0.1, 0.15) is 0 Å². The molecule has 1 N–H and O–H groups in total. The Morgan fingerprint density at radius 3 is 2.60 bits per heavy atom. The summed E-state index contributed by atoms with van der Waals surface area (Å²) in [5.74, 6) is 0.677. The molecule has 0 radical (unpaired) electrons. The summed E-state index contributed by atoms with van der Waals surface area (Å²) in [6.45, 7) is 4.08. The van der Waals surface area contributed by atoms with Crippen molar-refractivity contribution < 1.29 is 0 Å². The molecule has 0 atom stereocenters. The van der Waals surface area contributed by atoms with Crippen LogP contribution in [0.3, 0.4) is 0 Å². The number of aryl methyl sites for hydroxylation is 2. The number of hydrogen-bond acceptors (Lipinski definition) is 4. The largest absolute Gasteiger partial charge is 0.357 e. The van der Waals surface area contributed by atoms with Crippen LogP contribution >= 0.6 is 11.3 Å². The highest BCUT2D eigenvalue weighted by Crippen LogP contribution is 2.26. The maximum absolute atomic E-state index is 4.42. The predicted octanol–water partition coefficient (Wildman–Crippen LogP) is 2.86. The fourth-order valence-corrected chi connectivity index (χ4v) is 2.21. The van der Waals surface area contributed by atoms with Crippen LogP contribution in [0.25, 0.3) is 10.6 Å². The van der Waals surface area contributed by atoms with Crippen molar-refractivity contribution in [2.45, 2.75) is 13.8 Å². The molecule has 0 bridgehead atoms. The fourth-order valence-electron chi connectivity index (χ4n) is 1.38. The molecule has 2 rings (SSSR count). The molecule has 0 spiro atoms. The number of nitrogens with zero attached hydrogens (tertiary/aromatic N) is 2. The second-order valence-corrected chi connectivity index (χ2v) is 4.67. The Bertz CT molecular complexity index is 476. The Labute approximate surface area is 93.2 Å². The molecule has 2 aromatic rings. The van der Waals surface area contributed by atoms with Gasteiger partial charge in [-0.2, -0.15) is 0 Å². The van der Waals surface area contributed by atoms with Gasteiger partial charge in [-0.1, -0.05) is 0 Å². The zero-order chi connectivity index (χ0) is 10.8. The summed E-state index contributed by atoms with van der Waals surface area (Å²) in [6, 6.07) is 6.21. The Morgan fingerprint density at radius 1 is 1.20 bits per heavy atom. The molecule has 0 fully saturated rings. The maximum Gasteiger partial charge on any atom is 0.223 e. The van der Waals surface area contributed by atoms with Crippen LogP contribution in [-0.2, 0) is 0 Å². The third kappa shape index (κ3) is 2.15. The molecule has 2 aromatic heterocycles. The number of nitrogens with one attached hydrogen (secondary N) is 1. The van der Waals surface area contributed by atoms with E-state index in [1.54, 1.807) is 11.3 Å². The first-order valence-electron chi connectivity index (χ1n) is 4.79. The Hall–Kier alpha value is -1.42. The first-order chi connectivity index (χ1) is 7.19. The van der Waals surface area contributed by atoms with E-state index in [1.807, 2.05) is 20.0 Å². The van der Waals surface area contributed by atoms with Crippen LogP contribution in [0.1, 0.15) is 10.6 Å². The number of rotatable bonds is 2. The van der Waals surface area contributed by atoms with Crippen molar-refractivity contribution in [2.24, 2.45) is 0 Å². The van der Waals surface area contributed by atoms with Crippen LogP contribution in [0, 0.1) is 13.8 Å². The lowest BCUT2D eigenvalue weighted by Gasteiger charge is -2.03. The normalized spacial score (nSPS) is 10.3. The van der Waals surface area contributed by atoms with E-state index >= 15 is 0 Å². The Kier molecular flexibility index (Phi) is 2.68. The van der Waals surface area contributed by atoms with Gasteiger partial charge in [0.15, 0.2) is 0 Å². The smallest absolute Gasteiger partial charge is 0.223 e. The van der Waals surface area contributed by atoms with E-state index in [2.05, 4.69) is 34.3 Å². The zero-order valence-electron chi connectivity index (χ0n) is 9.03. The summed E-state index contributed by atoms with van der Waals surface area (Å²) in [7, 11) is 1.83. The quantitative estimate of drug-likeness (QED) is 0.844. The van der Waals surface area contributed by atoms with Crippen LogP contribution < -0.4 is 5.32 Å². The lowest BCUT2D eigenvalue weighted by molar-refractivity contribution is 1.10. The van der Waals surface area contributed by atoms with E-state index in [-0.39, 0.29) is 0 Å². The van der Waals surface area contributed by atoms with Gasteiger partial charge < -0.3 is 5.32 Å². The van der Waals surface area contributed by atoms with Crippen molar-refractivity contribution in [1.82, 2.24) is 9.97 Å². The van der Waals surface area contributed by atoms with Gasteiger partial charge in [-0.3, -0.25) is 0 Å². The van der Waals surface area contributed by atoms with Crippen molar-refractivity contribution in [3.63, 3.8) is 0 Å². The summed E-state index contributed by atoms with van der Waals surface area (Å²) in [5.41, 5.74) is 1.97. The molecule has 0 aliphatic rings. The van der Waals surface area contributed by atoms with Gasteiger partial charge >= 0.3 is 0 Å². The molecule has 0 aromatic carbocycles. The van der Waals surface area contributed by atoms with Crippen LogP contribution in [0.2, 0.25) is 0 Å². The Balaban J connectivity index is 2.48. The zero-order valence-corrected chi connectivity index (χ0v) is 9.85. The second-order valence-electron chi connectivity index (χ2n) is 3.38. The molecule has 78 valence electrons. The van der Waals surface area contributed by atoms with Gasteiger partial charge in [0, 0.05) is 17.6 Å². The van der Waals surface area contributed by atoms with Crippen molar-refractivity contribution in [2.75, 3.05) is 12.4 Å². The minimum Gasteiger partial charge on any atom is -0.357 e. The topological polar surface area (TPSA) is 37.8 Å². The first kappa shape index (κ1) is 10.1. The van der Waals surface area contributed by atoms with E-state index in [0.29, 0.717) is 5.95 Å². The van der Waals surface area contributed by atoms with E-state index in [9.17, 15) is 0 Å². The maximum atomic E-state index is 4.42. The average Bonchev–Trinajstić information content (AvgIpc) is 2.64. The van der Waals surface area contributed by atoms with Crippen LogP contribution in [-0.4, -0.2) is 17.0 Å². The van der Waals surface area contributed by atoms with Gasteiger partial charge in [-0.25, -0.2) is 9.97 Å². The lowest BCUT2D eigenvalue weighted by Crippen LogP contribution is -1.98. The molecule has 0 saturated heterocycles. The molecular formula is C11H13N3S. The SMILES string of the molecule is CNc1nc(C)cc(-c2ccc(C)s2)n1. The predicted molar refractivity (Wildman–Crippen MR) is 64.4 cm³/mol.